The molecule has 0 aromatic carbocycles. The fraction of sp³-hybridized carbons (Fsp3) is 0.0909. The van der Waals surface area contributed by atoms with Gasteiger partial charge in [0.15, 0.2) is 10.7 Å². The highest BCUT2D eigenvalue weighted by Crippen LogP contribution is 2.12. The van der Waals surface area contributed by atoms with Crippen LogP contribution in [0.3, 0.4) is 0 Å². The van der Waals surface area contributed by atoms with E-state index in [2.05, 4.69) is 15.0 Å². The van der Waals surface area contributed by atoms with E-state index in [1.807, 2.05) is 22.2 Å². The molecule has 0 saturated heterocycles. The highest BCUT2D eigenvalue weighted by molar-refractivity contribution is 7.15. The molecule has 0 fully saturated rings. The molecule has 5 nitrogen and oxygen atoms in total. The smallest absolute Gasteiger partial charge is 0.193 e. The number of hydrogen-bond acceptors (Lipinski definition) is 5. The minimum Gasteiger partial charge on any atom is -0.297 e. The predicted octanol–water partition coefficient (Wildman–Crippen LogP) is 1.61. The van der Waals surface area contributed by atoms with E-state index in [0.29, 0.717) is 5.56 Å². The van der Waals surface area contributed by atoms with Crippen LogP contribution in [-0.4, -0.2) is 25.1 Å². The third kappa shape index (κ3) is 1.94. The van der Waals surface area contributed by atoms with Crippen molar-refractivity contribution in [3.8, 4) is 0 Å². The summed E-state index contributed by atoms with van der Waals surface area (Å²) in [7, 11) is 0. The van der Waals surface area contributed by atoms with Gasteiger partial charge in [-0.05, 0) is 0 Å². The van der Waals surface area contributed by atoms with Crippen molar-refractivity contribution in [2.45, 2.75) is 6.42 Å². The second-order valence-electron chi connectivity index (χ2n) is 3.55. The molecule has 0 amide bonds. The van der Waals surface area contributed by atoms with E-state index in [9.17, 15) is 4.79 Å². The maximum Gasteiger partial charge on any atom is 0.193 e. The SMILES string of the molecule is O=C(Cc1cn2ccsc2n1)c1cncnc1. The van der Waals surface area contributed by atoms with Crippen molar-refractivity contribution in [3.63, 3.8) is 0 Å². The zero-order chi connectivity index (χ0) is 11.7. The Kier molecular flexibility index (Phi) is 2.41. The Morgan fingerprint density at radius 2 is 2.18 bits per heavy atom. The molecule has 0 aliphatic rings. The van der Waals surface area contributed by atoms with Crippen molar-refractivity contribution >= 4 is 22.1 Å². The molecule has 3 heterocycles. The fourth-order valence-electron chi connectivity index (χ4n) is 1.57. The van der Waals surface area contributed by atoms with Crippen LogP contribution >= 0.6 is 11.3 Å². The number of Topliss-reactive ketones (excluding diaryl/α,β-unsaturated/α-hetero) is 1. The van der Waals surface area contributed by atoms with Crippen LogP contribution in [0.1, 0.15) is 16.1 Å². The molecule has 0 aliphatic carbocycles. The molecular weight excluding hydrogens is 236 g/mol. The summed E-state index contributed by atoms with van der Waals surface area (Å²) in [6.07, 6.45) is 8.52. The Balaban J connectivity index is 1.84. The van der Waals surface area contributed by atoms with E-state index in [4.69, 9.17) is 0 Å². The zero-order valence-corrected chi connectivity index (χ0v) is 9.59. The largest absolute Gasteiger partial charge is 0.297 e. The Morgan fingerprint density at radius 3 is 2.94 bits per heavy atom. The summed E-state index contributed by atoms with van der Waals surface area (Å²) in [6.45, 7) is 0. The molecule has 17 heavy (non-hydrogen) atoms. The first-order chi connectivity index (χ1) is 8.33. The van der Waals surface area contributed by atoms with Crippen molar-refractivity contribution in [2.24, 2.45) is 0 Å². The van der Waals surface area contributed by atoms with Crippen molar-refractivity contribution in [1.82, 2.24) is 19.4 Å². The monoisotopic (exact) mass is 244 g/mol. The van der Waals surface area contributed by atoms with E-state index in [-0.39, 0.29) is 12.2 Å². The molecule has 0 radical (unpaired) electrons. The summed E-state index contributed by atoms with van der Waals surface area (Å²) < 4.78 is 1.91. The molecule has 0 unspecified atom stereocenters. The van der Waals surface area contributed by atoms with Gasteiger partial charge in [0, 0.05) is 30.2 Å². The van der Waals surface area contributed by atoms with E-state index in [0.717, 1.165) is 10.7 Å². The van der Waals surface area contributed by atoms with Crippen LogP contribution in [0.5, 0.6) is 0 Å². The maximum atomic E-state index is 11.9. The number of ketones is 1. The van der Waals surface area contributed by atoms with Crippen molar-refractivity contribution in [2.75, 3.05) is 0 Å². The maximum absolute atomic E-state index is 11.9. The fourth-order valence-corrected chi connectivity index (χ4v) is 2.29. The van der Waals surface area contributed by atoms with Gasteiger partial charge < -0.3 is 0 Å². The molecule has 3 aromatic rings. The summed E-state index contributed by atoms with van der Waals surface area (Å²) in [5, 5.41) is 1.96. The van der Waals surface area contributed by atoms with Gasteiger partial charge in [-0.15, -0.1) is 11.3 Å². The summed E-state index contributed by atoms with van der Waals surface area (Å²) >= 11 is 1.55. The summed E-state index contributed by atoms with van der Waals surface area (Å²) in [4.78, 5) is 24.8. The van der Waals surface area contributed by atoms with Crippen LogP contribution in [0.15, 0.2) is 36.5 Å². The number of fused-ring (bicyclic) bond motifs is 1. The minimum atomic E-state index is -0.0173. The van der Waals surface area contributed by atoms with Crippen LogP contribution < -0.4 is 0 Å². The van der Waals surface area contributed by atoms with Crippen molar-refractivity contribution in [3.05, 3.63) is 47.8 Å². The molecule has 6 heteroatoms. The lowest BCUT2D eigenvalue weighted by Gasteiger charge is -1.96. The lowest BCUT2D eigenvalue weighted by atomic mass is 10.1. The van der Waals surface area contributed by atoms with Crippen LogP contribution in [0.4, 0.5) is 0 Å². The molecule has 3 rings (SSSR count). The van der Waals surface area contributed by atoms with Crippen molar-refractivity contribution < 1.29 is 4.79 Å². The number of aromatic nitrogens is 4. The molecule has 0 N–H and O–H groups in total. The van der Waals surface area contributed by atoms with Gasteiger partial charge in [-0.1, -0.05) is 0 Å². The van der Waals surface area contributed by atoms with Crippen LogP contribution in [0.2, 0.25) is 0 Å². The third-order valence-corrected chi connectivity index (χ3v) is 3.14. The molecule has 0 saturated carbocycles. The van der Waals surface area contributed by atoms with Gasteiger partial charge in [-0.3, -0.25) is 9.20 Å². The Labute approximate surface area is 101 Å². The topological polar surface area (TPSA) is 60.2 Å². The number of imidazole rings is 1. The van der Waals surface area contributed by atoms with Gasteiger partial charge >= 0.3 is 0 Å². The van der Waals surface area contributed by atoms with Crippen LogP contribution in [-0.2, 0) is 6.42 Å². The number of nitrogens with zero attached hydrogens (tertiary/aromatic N) is 4. The number of rotatable bonds is 3. The van der Waals surface area contributed by atoms with Crippen molar-refractivity contribution in [1.29, 1.82) is 0 Å². The lowest BCUT2D eigenvalue weighted by Crippen LogP contribution is -2.04. The van der Waals surface area contributed by atoms with Gasteiger partial charge in [-0.2, -0.15) is 0 Å². The standard InChI is InChI=1S/C11H8N4OS/c16-10(8-4-12-7-13-5-8)3-9-6-15-1-2-17-11(15)14-9/h1-2,4-7H,3H2. The molecule has 3 aromatic heterocycles. The minimum absolute atomic E-state index is 0.0173. The molecule has 0 aliphatic heterocycles. The number of carbonyl (C=O) groups excluding carboxylic acids is 1. The van der Waals surface area contributed by atoms with Crippen LogP contribution in [0.25, 0.3) is 4.96 Å². The molecular formula is C11H8N4OS. The summed E-state index contributed by atoms with van der Waals surface area (Å²) in [6, 6.07) is 0. The van der Waals surface area contributed by atoms with Gasteiger partial charge in [-0.25, -0.2) is 15.0 Å². The Hall–Kier alpha value is -2.08. The predicted molar refractivity (Wildman–Crippen MR) is 63.1 cm³/mol. The van der Waals surface area contributed by atoms with Gasteiger partial charge in [0.05, 0.1) is 17.7 Å². The Morgan fingerprint density at radius 1 is 1.35 bits per heavy atom. The molecule has 0 spiro atoms. The first-order valence-electron chi connectivity index (χ1n) is 5.02. The number of carbonyl (C=O) groups is 1. The molecule has 84 valence electrons. The first-order valence-corrected chi connectivity index (χ1v) is 5.90. The summed E-state index contributed by atoms with van der Waals surface area (Å²) in [5.41, 5.74) is 1.29. The van der Waals surface area contributed by atoms with Gasteiger partial charge in [0.2, 0.25) is 0 Å². The number of hydrogen-bond donors (Lipinski definition) is 0. The van der Waals surface area contributed by atoms with Crippen LogP contribution in [0, 0.1) is 0 Å². The highest BCUT2D eigenvalue weighted by Gasteiger charge is 2.10. The first kappa shape index (κ1) is 10.1. The molecule has 0 bridgehead atoms. The lowest BCUT2D eigenvalue weighted by molar-refractivity contribution is 0.0991. The average Bonchev–Trinajstić information content (AvgIpc) is 2.90. The van der Waals surface area contributed by atoms with Gasteiger partial charge in [0.25, 0.3) is 0 Å². The quantitative estimate of drug-likeness (QED) is 0.657. The normalized spacial score (nSPS) is 10.8. The molecule has 0 atom stereocenters. The van der Waals surface area contributed by atoms with E-state index < -0.39 is 0 Å². The van der Waals surface area contributed by atoms with Gasteiger partial charge in [0.1, 0.15) is 6.33 Å². The third-order valence-electron chi connectivity index (χ3n) is 2.37. The van der Waals surface area contributed by atoms with E-state index in [1.54, 1.807) is 11.3 Å². The average molecular weight is 244 g/mol. The summed E-state index contributed by atoms with van der Waals surface area (Å²) in [5.74, 6) is -0.0173. The van der Waals surface area contributed by atoms with E-state index >= 15 is 0 Å². The number of thiazole rings is 1. The zero-order valence-electron chi connectivity index (χ0n) is 8.78. The second-order valence-corrected chi connectivity index (χ2v) is 4.43. The van der Waals surface area contributed by atoms with E-state index in [1.165, 1.54) is 18.7 Å². The highest BCUT2D eigenvalue weighted by atomic mass is 32.1. The second kappa shape index (κ2) is 4.06. The Bertz CT molecular complexity index is 630.